The number of carbonyl (C=O) groups excluding carboxylic acids is 2. The molecule has 9 heteroatoms. The van der Waals surface area contributed by atoms with Crippen LogP contribution >= 0.6 is 15.9 Å². The van der Waals surface area contributed by atoms with E-state index < -0.39 is 34.1 Å². The number of halogens is 1. The third-order valence-electron chi connectivity index (χ3n) is 7.77. The van der Waals surface area contributed by atoms with Crippen molar-refractivity contribution in [2.45, 2.75) is 76.9 Å². The van der Waals surface area contributed by atoms with E-state index in [0.717, 1.165) is 31.0 Å². The van der Waals surface area contributed by atoms with Crippen LogP contribution in [-0.2, 0) is 32.6 Å². The first-order valence-electron chi connectivity index (χ1n) is 15.7. The van der Waals surface area contributed by atoms with E-state index in [-0.39, 0.29) is 29.7 Å². The molecule has 0 bridgehead atoms. The molecule has 4 rings (SSSR count). The minimum atomic E-state index is -4.17. The summed E-state index contributed by atoms with van der Waals surface area (Å²) in [4.78, 5) is 30.2. The number of nitrogens with zero attached hydrogens (tertiary/aromatic N) is 2. The first-order chi connectivity index (χ1) is 22.1. The van der Waals surface area contributed by atoms with Gasteiger partial charge in [0.2, 0.25) is 11.8 Å². The van der Waals surface area contributed by atoms with Crippen molar-refractivity contribution in [3.63, 3.8) is 0 Å². The normalized spacial score (nSPS) is 12.4. The van der Waals surface area contributed by atoms with Crippen LogP contribution in [0.25, 0.3) is 0 Å². The van der Waals surface area contributed by atoms with Gasteiger partial charge in [0, 0.05) is 23.0 Å². The van der Waals surface area contributed by atoms with Crippen molar-refractivity contribution in [2.24, 2.45) is 0 Å². The maximum atomic E-state index is 14.6. The van der Waals surface area contributed by atoms with Gasteiger partial charge in [-0.3, -0.25) is 13.9 Å². The summed E-state index contributed by atoms with van der Waals surface area (Å²) in [5, 5.41) is 3.06. The Morgan fingerprint density at radius 2 is 1.40 bits per heavy atom. The molecule has 7 nitrogen and oxygen atoms in total. The maximum absolute atomic E-state index is 14.6. The average molecular weight is 719 g/mol. The molecule has 47 heavy (non-hydrogen) atoms. The zero-order chi connectivity index (χ0) is 34.4. The topological polar surface area (TPSA) is 86.8 Å². The number of anilines is 1. The zero-order valence-corrected chi connectivity index (χ0v) is 30.3. The van der Waals surface area contributed by atoms with Crippen LogP contribution in [0.5, 0.6) is 0 Å². The van der Waals surface area contributed by atoms with E-state index in [0.29, 0.717) is 5.69 Å². The van der Waals surface area contributed by atoms with Crippen molar-refractivity contribution in [1.82, 2.24) is 10.2 Å². The second kappa shape index (κ2) is 15.3. The van der Waals surface area contributed by atoms with Gasteiger partial charge in [-0.1, -0.05) is 102 Å². The molecule has 0 heterocycles. The van der Waals surface area contributed by atoms with E-state index in [4.69, 9.17) is 0 Å². The van der Waals surface area contributed by atoms with E-state index >= 15 is 0 Å². The summed E-state index contributed by atoms with van der Waals surface area (Å²) >= 11 is 3.47. The Morgan fingerprint density at radius 1 is 0.809 bits per heavy atom. The molecule has 248 valence electrons. The number of sulfonamides is 1. The molecule has 0 saturated heterocycles. The molecule has 2 amide bonds. The Hall–Kier alpha value is -3.95. The van der Waals surface area contributed by atoms with E-state index in [1.54, 1.807) is 36.4 Å². The van der Waals surface area contributed by atoms with Crippen LogP contribution in [-0.4, -0.2) is 43.3 Å². The fraction of sp³-hybridized carbons (Fsp3) is 0.316. The highest BCUT2D eigenvalue weighted by Crippen LogP contribution is 2.27. The Bertz CT molecular complexity index is 1750. The smallest absolute Gasteiger partial charge is 0.264 e. The lowest BCUT2D eigenvalue weighted by Gasteiger charge is -2.35. The van der Waals surface area contributed by atoms with Gasteiger partial charge in [0.1, 0.15) is 12.6 Å². The third kappa shape index (κ3) is 9.78. The Kier molecular flexibility index (Phi) is 11.7. The van der Waals surface area contributed by atoms with Gasteiger partial charge < -0.3 is 10.2 Å². The highest BCUT2D eigenvalue weighted by molar-refractivity contribution is 9.10. The van der Waals surface area contributed by atoms with E-state index in [1.165, 1.54) is 4.90 Å². The van der Waals surface area contributed by atoms with Crippen molar-refractivity contribution in [3.05, 3.63) is 130 Å². The van der Waals surface area contributed by atoms with Crippen molar-refractivity contribution in [3.8, 4) is 0 Å². The zero-order valence-electron chi connectivity index (χ0n) is 27.9. The molecule has 0 unspecified atom stereocenters. The fourth-order valence-electron chi connectivity index (χ4n) is 5.19. The fourth-order valence-corrected chi connectivity index (χ4v) is 6.86. The Morgan fingerprint density at radius 3 is 1.96 bits per heavy atom. The third-order valence-corrected chi connectivity index (χ3v) is 10.1. The number of aryl methyl sites for hydroxylation is 1. The molecule has 1 atom stereocenters. The van der Waals surface area contributed by atoms with Gasteiger partial charge in [0.05, 0.1) is 10.6 Å². The molecule has 0 aliphatic carbocycles. The first-order valence-corrected chi connectivity index (χ1v) is 18.0. The minimum absolute atomic E-state index is 0.0783. The summed E-state index contributed by atoms with van der Waals surface area (Å²) in [6.45, 7) is 11.3. The van der Waals surface area contributed by atoms with Gasteiger partial charge in [-0.2, -0.15) is 0 Å². The Labute approximate surface area is 288 Å². The molecular weight excluding hydrogens is 674 g/mol. The largest absolute Gasteiger partial charge is 0.350 e. The van der Waals surface area contributed by atoms with Crippen molar-refractivity contribution < 1.29 is 18.0 Å². The van der Waals surface area contributed by atoms with Crippen LogP contribution in [0.15, 0.2) is 112 Å². The Balaban J connectivity index is 1.82. The van der Waals surface area contributed by atoms with E-state index in [9.17, 15) is 18.0 Å². The average Bonchev–Trinajstić information content (AvgIpc) is 3.02. The number of amides is 2. The molecule has 0 aliphatic rings. The molecule has 1 N–H and O–H groups in total. The van der Waals surface area contributed by atoms with Gasteiger partial charge in [0.25, 0.3) is 10.0 Å². The van der Waals surface area contributed by atoms with Crippen LogP contribution in [0.2, 0.25) is 0 Å². The van der Waals surface area contributed by atoms with E-state index in [1.807, 2.05) is 94.4 Å². The molecule has 0 fully saturated rings. The predicted molar refractivity (Wildman–Crippen MR) is 193 cm³/mol. The number of rotatable bonds is 12. The number of benzene rings is 4. The molecule has 0 spiro atoms. The lowest BCUT2D eigenvalue weighted by molar-refractivity contribution is -0.140. The second-order valence-electron chi connectivity index (χ2n) is 13.2. The van der Waals surface area contributed by atoms with Crippen molar-refractivity contribution in [2.75, 3.05) is 10.8 Å². The van der Waals surface area contributed by atoms with Crippen LogP contribution < -0.4 is 9.62 Å². The monoisotopic (exact) mass is 717 g/mol. The lowest BCUT2D eigenvalue weighted by Crippen LogP contribution is -2.56. The van der Waals surface area contributed by atoms with Crippen molar-refractivity contribution in [1.29, 1.82) is 0 Å². The molecule has 0 aromatic heterocycles. The summed E-state index contributed by atoms with van der Waals surface area (Å²) < 4.78 is 30.6. The van der Waals surface area contributed by atoms with Crippen LogP contribution in [0.3, 0.4) is 0 Å². The van der Waals surface area contributed by atoms with Gasteiger partial charge in [-0.25, -0.2) is 8.42 Å². The summed E-state index contributed by atoms with van der Waals surface area (Å²) in [5.74, 6) is -0.572. The quantitative estimate of drug-likeness (QED) is 0.163. The SMILES string of the molecule is Cc1ccc(S(=O)(=O)N(CC(=O)N(Cc2ccc(Br)cc2)[C@H](Cc2ccccc2)C(=O)NC(C)(C)C)c2ccc(C(C)C)cc2)cc1. The van der Waals surface area contributed by atoms with Crippen LogP contribution in [0.4, 0.5) is 5.69 Å². The number of hydrogen-bond donors (Lipinski definition) is 1. The molecule has 0 saturated carbocycles. The summed E-state index contributed by atoms with van der Waals surface area (Å²) in [7, 11) is -4.17. The standard InChI is InChI=1S/C38H44BrN3O4S/c1-27(2)31-16-20-33(21-17-31)42(47(45,46)34-22-12-28(3)13-23-34)26-36(43)41(25-30-14-18-32(39)19-15-30)35(37(44)40-38(4,5)6)24-29-10-8-7-9-11-29/h7-23,27,35H,24-26H2,1-6H3,(H,40,44)/t35-/m1/s1. The van der Waals surface area contributed by atoms with Gasteiger partial charge in [-0.05, 0) is 86.7 Å². The summed E-state index contributed by atoms with van der Waals surface area (Å²) in [6, 6.07) is 30.0. The first kappa shape index (κ1) is 35.9. The van der Waals surface area contributed by atoms with Crippen LogP contribution in [0, 0.1) is 6.92 Å². The maximum Gasteiger partial charge on any atom is 0.264 e. The van der Waals surface area contributed by atoms with Crippen molar-refractivity contribution >= 4 is 43.5 Å². The lowest BCUT2D eigenvalue weighted by atomic mass is 10.0. The second-order valence-corrected chi connectivity index (χ2v) is 15.9. The highest BCUT2D eigenvalue weighted by Gasteiger charge is 2.35. The molecule has 0 aliphatic heterocycles. The van der Waals surface area contributed by atoms with Gasteiger partial charge in [0.15, 0.2) is 0 Å². The predicted octanol–water partition coefficient (Wildman–Crippen LogP) is 7.63. The molecular formula is C38H44BrN3O4S. The number of carbonyl (C=O) groups is 2. The number of nitrogens with one attached hydrogen (secondary N) is 1. The minimum Gasteiger partial charge on any atom is -0.350 e. The highest BCUT2D eigenvalue weighted by atomic mass is 79.9. The molecule has 0 radical (unpaired) electrons. The summed E-state index contributed by atoms with van der Waals surface area (Å²) in [5.41, 5.74) is 3.46. The van der Waals surface area contributed by atoms with Gasteiger partial charge in [-0.15, -0.1) is 0 Å². The van der Waals surface area contributed by atoms with E-state index in [2.05, 4.69) is 35.1 Å². The summed E-state index contributed by atoms with van der Waals surface area (Å²) in [6.07, 6.45) is 0.249. The number of hydrogen-bond acceptors (Lipinski definition) is 4. The molecule has 4 aromatic rings. The molecule has 4 aromatic carbocycles. The van der Waals surface area contributed by atoms with Crippen LogP contribution in [0.1, 0.15) is 62.8 Å². The van der Waals surface area contributed by atoms with Gasteiger partial charge >= 0.3 is 0 Å².